The molecule has 0 heterocycles. The zero-order chi connectivity index (χ0) is 12.5. The van der Waals surface area contributed by atoms with Crippen molar-refractivity contribution in [1.82, 2.24) is 0 Å². The van der Waals surface area contributed by atoms with E-state index in [2.05, 4.69) is 5.32 Å². The molecule has 4 heteroatoms. The first-order valence-electron chi connectivity index (χ1n) is 5.80. The normalized spacial score (nSPS) is 10.5. The van der Waals surface area contributed by atoms with Gasteiger partial charge in [0.05, 0.1) is 6.61 Å². The quantitative estimate of drug-likeness (QED) is 0.726. The van der Waals surface area contributed by atoms with E-state index in [1.807, 2.05) is 25.1 Å². The molecule has 3 nitrogen and oxygen atoms in total. The molecule has 0 aliphatic carbocycles. The summed E-state index contributed by atoms with van der Waals surface area (Å²) in [7, 11) is 1.70. The molecule has 0 unspecified atom stereocenters. The molecule has 0 atom stereocenters. The Morgan fingerprint density at radius 1 is 1.24 bits per heavy atom. The Morgan fingerprint density at radius 3 is 2.76 bits per heavy atom. The van der Waals surface area contributed by atoms with E-state index in [0.717, 1.165) is 42.5 Å². The highest BCUT2D eigenvalue weighted by molar-refractivity contribution is 6.31. The number of aryl methyl sites for hydroxylation is 1. The third-order valence-electron chi connectivity index (χ3n) is 2.38. The van der Waals surface area contributed by atoms with Gasteiger partial charge in [-0.25, -0.2) is 0 Å². The second-order valence-electron chi connectivity index (χ2n) is 3.85. The van der Waals surface area contributed by atoms with Gasteiger partial charge >= 0.3 is 0 Å². The van der Waals surface area contributed by atoms with Crippen LogP contribution in [0, 0.1) is 6.92 Å². The lowest BCUT2D eigenvalue weighted by atomic mass is 10.2. The van der Waals surface area contributed by atoms with Crippen LogP contribution in [0.1, 0.15) is 12.0 Å². The molecule has 0 amide bonds. The fraction of sp³-hybridized carbons (Fsp3) is 0.538. The van der Waals surface area contributed by atoms with Gasteiger partial charge in [0.15, 0.2) is 0 Å². The number of hydrogen-bond donors (Lipinski definition) is 1. The Balaban J connectivity index is 2.11. The van der Waals surface area contributed by atoms with Crippen molar-refractivity contribution in [3.63, 3.8) is 0 Å². The van der Waals surface area contributed by atoms with Crippen LogP contribution in [-0.2, 0) is 9.47 Å². The van der Waals surface area contributed by atoms with Gasteiger partial charge in [0.2, 0.25) is 0 Å². The SMILES string of the molecule is COCCCOCCNc1ccc(C)c(Cl)c1. The van der Waals surface area contributed by atoms with E-state index in [1.165, 1.54) is 0 Å². The highest BCUT2D eigenvalue weighted by atomic mass is 35.5. The van der Waals surface area contributed by atoms with Gasteiger partial charge in [-0.15, -0.1) is 0 Å². The average Bonchev–Trinajstić information content (AvgIpc) is 2.32. The van der Waals surface area contributed by atoms with Crippen LogP contribution in [0.2, 0.25) is 5.02 Å². The van der Waals surface area contributed by atoms with Crippen molar-refractivity contribution in [2.75, 3.05) is 38.8 Å². The minimum atomic E-state index is 0.690. The summed E-state index contributed by atoms with van der Waals surface area (Å²) in [6.45, 7) is 4.96. The van der Waals surface area contributed by atoms with Crippen LogP contribution >= 0.6 is 11.6 Å². The summed E-state index contributed by atoms with van der Waals surface area (Å²) < 4.78 is 10.4. The van der Waals surface area contributed by atoms with E-state index >= 15 is 0 Å². The Labute approximate surface area is 108 Å². The van der Waals surface area contributed by atoms with Crippen molar-refractivity contribution in [3.8, 4) is 0 Å². The fourth-order valence-corrected chi connectivity index (χ4v) is 1.56. The molecule has 1 rings (SSSR count). The van der Waals surface area contributed by atoms with Gasteiger partial charge in [0.25, 0.3) is 0 Å². The molecule has 0 saturated carbocycles. The predicted octanol–water partition coefficient (Wildman–Crippen LogP) is 3.11. The summed E-state index contributed by atoms with van der Waals surface area (Å²) in [5.41, 5.74) is 2.12. The number of rotatable bonds is 8. The zero-order valence-electron chi connectivity index (χ0n) is 10.5. The minimum absolute atomic E-state index is 0.690. The topological polar surface area (TPSA) is 30.5 Å². The zero-order valence-corrected chi connectivity index (χ0v) is 11.2. The molecule has 0 aliphatic rings. The number of nitrogens with one attached hydrogen (secondary N) is 1. The van der Waals surface area contributed by atoms with E-state index in [-0.39, 0.29) is 0 Å². The number of benzene rings is 1. The highest BCUT2D eigenvalue weighted by Gasteiger charge is 1.97. The van der Waals surface area contributed by atoms with Crippen LogP contribution in [-0.4, -0.2) is 33.5 Å². The van der Waals surface area contributed by atoms with Crippen LogP contribution in [0.15, 0.2) is 18.2 Å². The Kier molecular flexibility index (Phi) is 7.01. The lowest BCUT2D eigenvalue weighted by molar-refractivity contribution is 0.109. The monoisotopic (exact) mass is 257 g/mol. The Morgan fingerprint density at radius 2 is 2.06 bits per heavy atom. The van der Waals surface area contributed by atoms with Gasteiger partial charge in [0, 0.05) is 37.6 Å². The van der Waals surface area contributed by atoms with E-state index in [1.54, 1.807) is 7.11 Å². The fourth-order valence-electron chi connectivity index (χ4n) is 1.38. The first-order chi connectivity index (χ1) is 8.24. The molecule has 0 aliphatic heterocycles. The molecule has 96 valence electrons. The Hall–Kier alpha value is -0.770. The van der Waals surface area contributed by atoms with E-state index in [4.69, 9.17) is 21.1 Å². The number of methoxy groups -OCH3 is 1. The van der Waals surface area contributed by atoms with Crippen LogP contribution < -0.4 is 5.32 Å². The van der Waals surface area contributed by atoms with Gasteiger partial charge in [-0.05, 0) is 31.0 Å². The summed E-state index contributed by atoms with van der Waals surface area (Å²) in [4.78, 5) is 0. The van der Waals surface area contributed by atoms with Crippen molar-refractivity contribution in [1.29, 1.82) is 0 Å². The maximum absolute atomic E-state index is 6.03. The molecule has 0 saturated heterocycles. The van der Waals surface area contributed by atoms with Crippen molar-refractivity contribution >= 4 is 17.3 Å². The van der Waals surface area contributed by atoms with Crippen molar-refractivity contribution in [2.24, 2.45) is 0 Å². The predicted molar refractivity (Wildman–Crippen MR) is 72.0 cm³/mol. The Bertz CT molecular complexity index is 331. The first kappa shape index (κ1) is 14.3. The molecular formula is C13H20ClNO2. The van der Waals surface area contributed by atoms with Crippen molar-refractivity contribution in [3.05, 3.63) is 28.8 Å². The summed E-state index contributed by atoms with van der Waals surface area (Å²) in [6.07, 6.45) is 0.937. The summed E-state index contributed by atoms with van der Waals surface area (Å²) >= 11 is 6.03. The molecule has 0 bridgehead atoms. The number of ether oxygens (including phenoxy) is 2. The second kappa shape index (κ2) is 8.34. The standard InChI is InChI=1S/C13H20ClNO2/c1-11-4-5-12(10-13(11)14)15-6-9-17-8-3-7-16-2/h4-5,10,15H,3,6-9H2,1-2H3. The van der Waals surface area contributed by atoms with Gasteiger partial charge in [-0.1, -0.05) is 17.7 Å². The summed E-state index contributed by atoms with van der Waals surface area (Å²) in [5, 5.41) is 4.05. The molecule has 1 N–H and O–H groups in total. The maximum atomic E-state index is 6.03. The van der Waals surface area contributed by atoms with E-state index < -0.39 is 0 Å². The van der Waals surface area contributed by atoms with Gasteiger partial charge < -0.3 is 14.8 Å². The third-order valence-corrected chi connectivity index (χ3v) is 2.79. The van der Waals surface area contributed by atoms with E-state index in [0.29, 0.717) is 6.61 Å². The molecule has 0 radical (unpaired) electrons. The smallest absolute Gasteiger partial charge is 0.0639 e. The molecule has 0 spiro atoms. The van der Waals surface area contributed by atoms with Crippen molar-refractivity contribution < 1.29 is 9.47 Å². The first-order valence-corrected chi connectivity index (χ1v) is 6.18. The number of anilines is 1. The molecule has 1 aromatic rings. The largest absolute Gasteiger partial charge is 0.385 e. The summed E-state index contributed by atoms with van der Waals surface area (Å²) in [5.74, 6) is 0. The van der Waals surface area contributed by atoms with Crippen LogP contribution in [0.3, 0.4) is 0 Å². The molecular weight excluding hydrogens is 238 g/mol. The lowest BCUT2D eigenvalue weighted by Crippen LogP contribution is -2.10. The third kappa shape index (κ3) is 5.91. The summed E-state index contributed by atoms with van der Waals surface area (Å²) in [6, 6.07) is 5.96. The van der Waals surface area contributed by atoms with Gasteiger partial charge in [-0.2, -0.15) is 0 Å². The van der Waals surface area contributed by atoms with E-state index in [9.17, 15) is 0 Å². The average molecular weight is 258 g/mol. The molecule has 17 heavy (non-hydrogen) atoms. The molecule has 0 fully saturated rings. The van der Waals surface area contributed by atoms with Gasteiger partial charge in [-0.3, -0.25) is 0 Å². The van der Waals surface area contributed by atoms with Crippen LogP contribution in [0.25, 0.3) is 0 Å². The maximum Gasteiger partial charge on any atom is 0.0639 e. The lowest BCUT2D eigenvalue weighted by Gasteiger charge is -2.08. The second-order valence-corrected chi connectivity index (χ2v) is 4.26. The van der Waals surface area contributed by atoms with Crippen LogP contribution in [0.4, 0.5) is 5.69 Å². The van der Waals surface area contributed by atoms with Gasteiger partial charge in [0.1, 0.15) is 0 Å². The molecule has 0 aromatic heterocycles. The number of hydrogen-bond acceptors (Lipinski definition) is 3. The molecule has 1 aromatic carbocycles. The minimum Gasteiger partial charge on any atom is -0.385 e. The van der Waals surface area contributed by atoms with Crippen molar-refractivity contribution in [2.45, 2.75) is 13.3 Å². The highest BCUT2D eigenvalue weighted by Crippen LogP contribution is 2.19. The van der Waals surface area contributed by atoms with Crippen LogP contribution in [0.5, 0.6) is 0 Å². The number of halogens is 1.